The third kappa shape index (κ3) is 4.15. The van der Waals surface area contributed by atoms with E-state index >= 15 is 0 Å². The van der Waals surface area contributed by atoms with Gasteiger partial charge in [0, 0.05) is 12.7 Å². The molecular formula is C14H18N2O6. The standard InChI is InChI=1S/C14H18N2O6/c1-20-12-6-2-5-11(16(18)19)14(12)15-13(17)9-21-8-10-4-3-7-22-10/h2,5-6,10H,3-4,7-9H2,1H3,(H,15,17). The van der Waals surface area contributed by atoms with E-state index in [1.807, 2.05) is 0 Å². The third-order valence-corrected chi connectivity index (χ3v) is 3.25. The summed E-state index contributed by atoms with van der Waals surface area (Å²) < 4.78 is 15.7. The highest BCUT2D eigenvalue weighted by Gasteiger charge is 2.21. The number of benzene rings is 1. The first-order valence-electron chi connectivity index (χ1n) is 6.92. The van der Waals surface area contributed by atoms with Gasteiger partial charge < -0.3 is 19.5 Å². The summed E-state index contributed by atoms with van der Waals surface area (Å²) in [7, 11) is 1.38. The van der Waals surface area contributed by atoms with E-state index in [-0.39, 0.29) is 29.8 Å². The Morgan fingerprint density at radius 3 is 3.00 bits per heavy atom. The molecule has 1 atom stereocenters. The van der Waals surface area contributed by atoms with Gasteiger partial charge in [0.15, 0.2) is 5.69 Å². The zero-order chi connectivity index (χ0) is 15.9. The van der Waals surface area contributed by atoms with Crippen LogP contribution in [0, 0.1) is 10.1 Å². The van der Waals surface area contributed by atoms with Crippen molar-refractivity contribution in [2.24, 2.45) is 0 Å². The van der Waals surface area contributed by atoms with Gasteiger partial charge in [-0.05, 0) is 18.9 Å². The lowest BCUT2D eigenvalue weighted by Crippen LogP contribution is -2.23. The van der Waals surface area contributed by atoms with Gasteiger partial charge in [-0.3, -0.25) is 14.9 Å². The van der Waals surface area contributed by atoms with E-state index in [2.05, 4.69) is 5.32 Å². The Balaban J connectivity index is 1.93. The predicted octanol–water partition coefficient (Wildman–Crippen LogP) is 1.74. The molecule has 1 amide bonds. The van der Waals surface area contributed by atoms with Crippen molar-refractivity contribution in [3.8, 4) is 5.75 Å². The fourth-order valence-corrected chi connectivity index (χ4v) is 2.20. The van der Waals surface area contributed by atoms with Crippen LogP contribution in [0.25, 0.3) is 0 Å². The third-order valence-electron chi connectivity index (χ3n) is 3.25. The Bertz CT molecular complexity index is 542. The van der Waals surface area contributed by atoms with E-state index < -0.39 is 10.8 Å². The number of amides is 1. The van der Waals surface area contributed by atoms with Crippen molar-refractivity contribution in [2.75, 3.05) is 32.2 Å². The van der Waals surface area contributed by atoms with Gasteiger partial charge in [0.2, 0.25) is 0 Å². The van der Waals surface area contributed by atoms with Crippen LogP contribution in [0.5, 0.6) is 5.75 Å². The average Bonchev–Trinajstić information content (AvgIpc) is 3.00. The zero-order valence-corrected chi connectivity index (χ0v) is 12.2. The number of carbonyl (C=O) groups excluding carboxylic acids is 1. The van der Waals surface area contributed by atoms with Crippen molar-refractivity contribution in [2.45, 2.75) is 18.9 Å². The largest absolute Gasteiger partial charge is 0.494 e. The number of rotatable bonds is 7. The van der Waals surface area contributed by atoms with E-state index in [4.69, 9.17) is 14.2 Å². The molecule has 0 saturated carbocycles. The zero-order valence-electron chi connectivity index (χ0n) is 12.2. The molecule has 120 valence electrons. The molecule has 0 bridgehead atoms. The second-order valence-electron chi connectivity index (χ2n) is 4.81. The normalized spacial score (nSPS) is 17.2. The van der Waals surface area contributed by atoms with Crippen LogP contribution < -0.4 is 10.1 Å². The summed E-state index contributed by atoms with van der Waals surface area (Å²) >= 11 is 0. The van der Waals surface area contributed by atoms with Crippen molar-refractivity contribution >= 4 is 17.3 Å². The molecule has 1 aromatic carbocycles. The minimum absolute atomic E-state index is 0.0217. The number of hydrogen-bond donors (Lipinski definition) is 1. The Hall–Kier alpha value is -2.19. The second kappa shape index (κ2) is 7.71. The first-order chi connectivity index (χ1) is 10.6. The summed E-state index contributed by atoms with van der Waals surface area (Å²) in [5, 5.41) is 13.5. The van der Waals surface area contributed by atoms with E-state index in [0.29, 0.717) is 13.2 Å². The van der Waals surface area contributed by atoms with Gasteiger partial charge >= 0.3 is 0 Å². The highest BCUT2D eigenvalue weighted by Crippen LogP contribution is 2.33. The molecule has 1 fully saturated rings. The SMILES string of the molecule is COc1cccc([N+](=O)[O-])c1NC(=O)COCC1CCCO1. The molecule has 0 aromatic heterocycles. The van der Waals surface area contributed by atoms with Crippen LogP contribution in [0.3, 0.4) is 0 Å². The van der Waals surface area contributed by atoms with Gasteiger partial charge in [0.25, 0.3) is 11.6 Å². The first kappa shape index (κ1) is 16.2. The summed E-state index contributed by atoms with van der Waals surface area (Å²) in [5.41, 5.74) is -0.201. The molecule has 1 heterocycles. The molecule has 1 aromatic rings. The molecule has 0 radical (unpaired) electrons. The Labute approximate surface area is 127 Å². The molecule has 1 saturated heterocycles. The van der Waals surface area contributed by atoms with Gasteiger partial charge in [-0.15, -0.1) is 0 Å². The van der Waals surface area contributed by atoms with Crippen LogP contribution in [-0.2, 0) is 14.3 Å². The lowest BCUT2D eigenvalue weighted by atomic mass is 10.2. The van der Waals surface area contributed by atoms with Crippen LogP contribution in [0.4, 0.5) is 11.4 Å². The van der Waals surface area contributed by atoms with Gasteiger partial charge in [-0.25, -0.2) is 0 Å². The van der Waals surface area contributed by atoms with Crippen molar-refractivity contribution in [1.29, 1.82) is 0 Å². The van der Waals surface area contributed by atoms with Crippen molar-refractivity contribution < 1.29 is 23.9 Å². The Morgan fingerprint density at radius 1 is 1.55 bits per heavy atom. The number of anilines is 1. The number of nitrogens with one attached hydrogen (secondary N) is 1. The minimum atomic E-state index is -0.578. The number of hydrogen-bond acceptors (Lipinski definition) is 6. The number of nitro benzene ring substituents is 1. The number of para-hydroxylation sites is 1. The van der Waals surface area contributed by atoms with Gasteiger partial charge in [-0.2, -0.15) is 0 Å². The summed E-state index contributed by atoms with van der Waals surface area (Å²) in [5.74, 6) is -0.257. The van der Waals surface area contributed by atoms with Gasteiger partial charge in [0.05, 0.1) is 24.7 Å². The number of nitro groups is 1. The van der Waals surface area contributed by atoms with Crippen LogP contribution in [0.15, 0.2) is 18.2 Å². The average molecular weight is 310 g/mol. The van der Waals surface area contributed by atoms with Crippen LogP contribution >= 0.6 is 0 Å². The van der Waals surface area contributed by atoms with Crippen LogP contribution in [0.1, 0.15) is 12.8 Å². The number of carbonyl (C=O) groups is 1. The fraction of sp³-hybridized carbons (Fsp3) is 0.500. The number of nitrogens with zero attached hydrogens (tertiary/aromatic N) is 1. The quantitative estimate of drug-likeness (QED) is 0.608. The fourth-order valence-electron chi connectivity index (χ4n) is 2.20. The number of methoxy groups -OCH3 is 1. The maximum atomic E-state index is 11.9. The predicted molar refractivity (Wildman–Crippen MR) is 78.1 cm³/mol. The molecule has 22 heavy (non-hydrogen) atoms. The molecule has 2 rings (SSSR count). The lowest BCUT2D eigenvalue weighted by Gasteiger charge is -2.12. The molecule has 1 unspecified atom stereocenters. The highest BCUT2D eigenvalue weighted by molar-refractivity contribution is 5.95. The molecule has 8 heteroatoms. The topological polar surface area (TPSA) is 99.9 Å². The van der Waals surface area contributed by atoms with E-state index in [9.17, 15) is 14.9 Å². The van der Waals surface area contributed by atoms with Crippen LogP contribution in [0.2, 0.25) is 0 Å². The molecule has 1 N–H and O–H groups in total. The maximum absolute atomic E-state index is 11.9. The van der Waals surface area contributed by atoms with Gasteiger partial charge in [-0.1, -0.05) is 6.07 Å². The summed E-state index contributed by atoms with van der Waals surface area (Å²) in [4.78, 5) is 22.3. The molecule has 0 spiro atoms. The molecule has 1 aliphatic heterocycles. The van der Waals surface area contributed by atoms with Crippen molar-refractivity contribution in [3.05, 3.63) is 28.3 Å². The second-order valence-corrected chi connectivity index (χ2v) is 4.81. The van der Waals surface area contributed by atoms with Crippen molar-refractivity contribution in [3.63, 3.8) is 0 Å². The summed E-state index contributed by atoms with van der Waals surface area (Å²) in [6.45, 7) is 0.851. The van der Waals surface area contributed by atoms with E-state index in [0.717, 1.165) is 12.8 Å². The van der Waals surface area contributed by atoms with E-state index in [1.165, 1.54) is 25.3 Å². The van der Waals surface area contributed by atoms with Crippen LogP contribution in [-0.4, -0.2) is 43.9 Å². The minimum Gasteiger partial charge on any atom is -0.494 e. The molecule has 0 aliphatic carbocycles. The highest BCUT2D eigenvalue weighted by atomic mass is 16.6. The van der Waals surface area contributed by atoms with E-state index in [1.54, 1.807) is 0 Å². The lowest BCUT2D eigenvalue weighted by molar-refractivity contribution is -0.384. The number of ether oxygens (including phenoxy) is 3. The Kier molecular flexibility index (Phi) is 5.68. The summed E-state index contributed by atoms with van der Waals surface area (Å²) in [6.07, 6.45) is 1.93. The maximum Gasteiger partial charge on any atom is 0.296 e. The monoisotopic (exact) mass is 310 g/mol. The van der Waals surface area contributed by atoms with Gasteiger partial charge in [0.1, 0.15) is 12.4 Å². The molecular weight excluding hydrogens is 292 g/mol. The first-order valence-corrected chi connectivity index (χ1v) is 6.92. The molecule has 8 nitrogen and oxygen atoms in total. The molecule has 1 aliphatic rings. The Morgan fingerprint density at radius 2 is 2.36 bits per heavy atom. The van der Waals surface area contributed by atoms with Crippen molar-refractivity contribution in [1.82, 2.24) is 0 Å². The summed E-state index contributed by atoms with van der Waals surface area (Å²) in [6, 6.07) is 4.32. The smallest absolute Gasteiger partial charge is 0.296 e.